The average molecular weight is 371 g/mol. The number of benzene rings is 1. The molecule has 1 aliphatic rings. The molecule has 7 heteroatoms. The zero-order chi connectivity index (χ0) is 19.4. The molecular weight excluding hydrogens is 342 g/mol. The molecule has 0 atom stereocenters. The molecule has 1 aromatic carbocycles. The quantitative estimate of drug-likeness (QED) is 0.867. The van der Waals surface area contributed by atoms with Crippen LogP contribution in [-0.2, 0) is 11.3 Å². The Morgan fingerprint density at radius 3 is 2.37 bits per heavy atom. The molecule has 0 saturated carbocycles. The van der Waals surface area contributed by atoms with Crippen molar-refractivity contribution in [3.8, 4) is 11.4 Å². The Kier molecular flexibility index (Phi) is 5.92. The zero-order valence-corrected chi connectivity index (χ0v) is 16.7. The van der Waals surface area contributed by atoms with E-state index in [2.05, 4.69) is 32.2 Å². The van der Waals surface area contributed by atoms with Crippen LogP contribution in [0, 0.1) is 6.92 Å². The fraction of sp³-hybridized carbons (Fsp3) is 0.550. The summed E-state index contributed by atoms with van der Waals surface area (Å²) in [6, 6.07) is 8.09. The minimum Gasteiger partial charge on any atom is -0.350 e. The minimum absolute atomic E-state index is 0.0793. The van der Waals surface area contributed by atoms with Crippen LogP contribution in [0.1, 0.15) is 32.2 Å². The molecule has 0 unspecified atom stereocenters. The first-order valence-electron chi connectivity index (χ1n) is 9.44. The third-order valence-electron chi connectivity index (χ3n) is 4.48. The lowest BCUT2D eigenvalue weighted by Crippen LogP contribution is -2.51. The normalized spacial score (nSPS) is 16.4. The van der Waals surface area contributed by atoms with Crippen molar-refractivity contribution in [2.75, 3.05) is 32.7 Å². The van der Waals surface area contributed by atoms with Crippen molar-refractivity contribution >= 4 is 5.91 Å². The van der Waals surface area contributed by atoms with Gasteiger partial charge in [0.1, 0.15) is 0 Å². The van der Waals surface area contributed by atoms with E-state index in [1.807, 2.05) is 45.0 Å². The number of carbonyl (C=O) groups is 1. The second-order valence-corrected chi connectivity index (χ2v) is 8.23. The summed E-state index contributed by atoms with van der Waals surface area (Å²) in [7, 11) is 0. The summed E-state index contributed by atoms with van der Waals surface area (Å²) in [4.78, 5) is 21.0. The van der Waals surface area contributed by atoms with Crippen LogP contribution in [-0.4, -0.2) is 64.1 Å². The van der Waals surface area contributed by atoms with Crippen molar-refractivity contribution in [3.63, 3.8) is 0 Å². The van der Waals surface area contributed by atoms with Crippen LogP contribution < -0.4 is 5.32 Å². The Morgan fingerprint density at radius 1 is 1.11 bits per heavy atom. The SMILES string of the molecule is Cc1ccc(-c2noc(CN3CCN(CC(=O)NC(C)(C)C)CC3)n2)cc1. The van der Waals surface area contributed by atoms with Crippen LogP contribution in [0.4, 0.5) is 0 Å². The van der Waals surface area contributed by atoms with E-state index in [0.29, 0.717) is 24.8 Å². The number of rotatable bonds is 5. The van der Waals surface area contributed by atoms with Crippen molar-refractivity contribution in [2.24, 2.45) is 0 Å². The highest BCUT2D eigenvalue weighted by molar-refractivity contribution is 5.78. The lowest BCUT2D eigenvalue weighted by molar-refractivity contribution is -0.124. The molecule has 7 nitrogen and oxygen atoms in total. The van der Waals surface area contributed by atoms with Crippen LogP contribution in [0.25, 0.3) is 11.4 Å². The van der Waals surface area contributed by atoms with E-state index in [-0.39, 0.29) is 11.4 Å². The summed E-state index contributed by atoms with van der Waals surface area (Å²) >= 11 is 0. The fourth-order valence-corrected chi connectivity index (χ4v) is 3.10. The van der Waals surface area contributed by atoms with E-state index in [9.17, 15) is 4.79 Å². The molecule has 3 rings (SSSR count). The molecule has 0 spiro atoms. The molecule has 0 aliphatic carbocycles. The predicted octanol–water partition coefficient (Wildman–Crippen LogP) is 2.08. The van der Waals surface area contributed by atoms with E-state index in [1.165, 1.54) is 5.56 Å². The van der Waals surface area contributed by atoms with Gasteiger partial charge in [0.05, 0.1) is 13.1 Å². The number of nitrogens with zero attached hydrogens (tertiary/aromatic N) is 4. The Bertz CT molecular complexity index is 755. The van der Waals surface area contributed by atoms with Crippen molar-refractivity contribution in [1.29, 1.82) is 0 Å². The molecule has 1 aromatic heterocycles. The summed E-state index contributed by atoms with van der Waals surface area (Å²) in [6.07, 6.45) is 0. The Morgan fingerprint density at radius 2 is 1.74 bits per heavy atom. The zero-order valence-electron chi connectivity index (χ0n) is 16.7. The minimum atomic E-state index is -0.188. The van der Waals surface area contributed by atoms with Crippen LogP contribution in [0.2, 0.25) is 0 Å². The first kappa shape index (κ1) is 19.5. The maximum absolute atomic E-state index is 12.1. The highest BCUT2D eigenvalue weighted by atomic mass is 16.5. The monoisotopic (exact) mass is 371 g/mol. The molecule has 1 saturated heterocycles. The molecule has 0 radical (unpaired) electrons. The molecule has 2 aromatic rings. The number of piperazine rings is 1. The van der Waals surface area contributed by atoms with Gasteiger partial charge in [-0.25, -0.2) is 0 Å². The molecule has 0 bridgehead atoms. The number of carbonyl (C=O) groups excluding carboxylic acids is 1. The van der Waals surface area contributed by atoms with Gasteiger partial charge < -0.3 is 9.84 Å². The van der Waals surface area contributed by atoms with E-state index < -0.39 is 0 Å². The van der Waals surface area contributed by atoms with Gasteiger partial charge in [0, 0.05) is 37.3 Å². The van der Waals surface area contributed by atoms with E-state index >= 15 is 0 Å². The highest BCUT2D eigenvalue weighted by Gasteiger charge is 2.22. The van der Waals surface area contributed by atoms with Crippen molar-refractivity contribution < 1.29 is 9.32 Å². The van der Waals surface area contributed by atoms with Gasteiger partial charge >= 0.3 is 0 Å². The molecule has 1 aliphatic heterocycles. The maximum Gasteiger partial charge on any atom is 0.241 e. The van der Waals surface area contributed by atoms with E-state index in [0.717, 1.165) is 31.7 Å². The Labute approximate surface area is 160 Å². The van der Waals surface area contributed by atoms with Gasteiger partial charge in [-0.2, -0.15) is 4.98 Å². The smallest absolute Gasteiger partial charge is 0.241 e. The van der Waals surface area contributed by atoms with Gasteiger partial charge in [0.15, 0.2) is 0 Å². The molecule has 1 amide bonds. The van der Waals surface area contributed by atoms with Gasteiger partial charge in [-0.05, 0) is 27.7 Å². The fourth-order valence-electron chi connectivity index (χ4n) is 3.10. The van der Waals surface area contributed by atoms with Crippen LogP contribution in [0.3, 0.4) is 0 Å². The van der Waals surface area contributed by atoms with Gasteiger partial charge in [0.2, 0.25) is 17.6 Å². The summed E-state index contributed by atoms with van der Waals surface area (Å²) in [5, 5.41) is 7.11. The topological polar surface area (TPSA) is 74.5 Å². The van der Waals surface area contributed by atoms with Gasteiger partial charge in [0.25, 0.3) is 0 Å². The van der Waals surface area contributed by atoms with E-state index in [1.54, 1.807) is 0 Å². The van der Waals surface area contributed by atoms with Gasteiger partial charge in [-0.15, -0.1) is 0 Å². The lowest BCUT2D eigenvalue weighted by Gasteiger charge is -2.34. The molecule has 27 heavy (non-hydrogen) atoms. The van der Waals surface area contributed by atoms with Crippen LogP contribution >= 0.6 is 0 Å². The van der Waals surface area contributed by atoms with Gasteiger partial charge in [-0.1, -0.05) is 35.0 Å². The third-order valence-corrected chi connectivity index (χ3v) is 4.48. The first-order valence-corrected chi connectivity index (χ1v) is 9.44. The molecule has 2 heterocycles. The second kappa shape index (κ2) is 8.19. The Balaban J connectivity index is 1.47. The lowest BCUT2D eigenvalue weighted by atomic mass is 10.1. The van der Waals surface area contributed by atoms with Gasteiger partial charge in [-0.3, -0.25) is 14.6 Å². The standard InChI is InChI=1S/C20H29N5O2/c1-15-5-7-16(8-6-15)19-21-18(27-23-19)14-25-11-9-24(10-12-25)13-17(26)22-20(2,3)4/h5-8H,9-14H2,1-4H3,(H,22,26). The molecule has 1 fully saturated rings. The largest absolute Gasteiger partial charge is 0.350 e. The summed E-state index contributed by atoms with van der Waals surface area (Å²) in [6.45, 7) is 12.6. The third kappa shape index (κ3) is 5.87. The average Bonchev–Trinajstić information content (AvgIpc) is 3.04. The molecule has 1 N–H and O–H groups in total. The molecular formula is C20H29N5O2. The van der Waals surface area contributed by atoms with Crippen LogP contribution in [0.5, 0.6) is 0 Å². The van der Waals surface area contributed by atoms with Crippen molar-refractivity contribution in [2.45, 2.75) is 39.8 Å². The molecule has 146 valence electrons. The number of nitrogens with one attached hydrogen (secondary N) is 1. The Hall–Kier alpha value is -2.25. The summed E-state index contributed by atoms with van der Waals surface area (Å²) in [5.41, 5.74) is 1.98. The van der Waals surface area contributed by atoms with Crippen LogP contribution in [0.15, 0.2) is 28.8 Å². The maximum atomic E-state index is 12.1. The van der Waals surface area contributed by atoms with Crippen molar-refractivity contribution in [3.05, 3.63) is 35.7 Å². The van der Waals surface area contributed by atoms with Crippen molar-refractivity contribution in [1.82, 2.24) is 25.3 Å². The predicted molar refractivity (Wildman–Crippen MR) is 104 cm³/mol. The number of hydrogen-bond donors (Lipinski definition) is 1. The summed E-state index contributed by atoms with van der Waals surface area (Å²) < 4.78 is 5.42. The number of aromatic nitrogens is 2. The van der Waals surface area contributed by atoms with E-state index in [4.69, 9.17) is 4.52 Å². The number of hydrogen-bond acceptors (Lipinski definition) is 6. The number of aryl methyl sites for hydroxylation is 1. The summed E-state index contributed by atoms with van der Waals surface area (Å²) in [5.74, 6) is 1.34. The second-order valence-electron chi connectivity index (χ2n) is 8.23. The highest BCUT2D eigenvalue weighted by Crippen LogP contribution is 2.17. The first-order chi connectivity index (χ1) is 12.8. The number of amides is 1.